The highest BCUT2D eigenvalue weighted by Crippen LogP contribution is 2.32. The van der Waals surface area contributed by atoms with Gasteiger partial charge in [0, 0.05) is 26.9 Å². The summed E-state index contributed by atoms with van der Waals surface area (Å²) >= 11 is 5.99. The van der Waals surface area contributed by atoms with Gasteiger partial charge in [0.2, 0.25) is 0 Å². The van der Waals surface area contributed by atoms with Crippen LogP contribution in [-0.4, -0.2) is 19.9 Å². The molecule has 132 valence electrons. The Morgan fingerprint density at radius 1 is 1.19 bits per heavy atom. The molecule has 5 nitrogen and oxygen atoms in total. The van der Waals surface area contributed by atoms with Gasteiger partial charge in [0.1, 0.15) is 5.82 Å². The van der Waals surface area contributed by atoms with E-state index >= 15 is 0 Å². The lowest BCUT2D eigenvalue weighted by atomic mass is 10.2. The maximum Gasteiger partial charge on any atom is 0.256 e. The average Bonchev–Trinajstić information content (AvgIpc) is 3.12. The van der Waals surface area contributed by atoms with Crippen LogP contribution in [0.25, 0.3) is 5.69 Å². The fraction of sp³-hybridized carbons (Fsp3) is 0.158. The molecule has 0 radical (unpaired) electrons. The summed E-state index contributed by atoms with van der Waals surface area (Å²) in [5, 5.41) is 8.07. The van der Waals surface area contributed by atoms with Crippen molar-refractivity contribution in [2.24, 2.45) is 0 Å². The van der Waals surface area contributed by atoms with Crippen LogP contribution in [0.5, 0.6) is 0 Å². The zero-order valence-corrected chi connectivity index (χ0v) is 15.6. The number of hydrogen-bond acceptors (Lipinski definition) is 3. The van der Waals surface area contributed by atoms with Crippen molar-refractivity contribution < 1.29 is 9.00 Å². The number of amides is 1. The topological polar surface area (TPSA) is 64.0 Å². The van der Waals surface area contributed by atoms with E-state index in [0.717, 1.165) is 22.5 Å². The van der Waals surface area contributed by atoms with E-state index in [9.17, 15) is 9.00 Å². The van der Waals surface area contributed by atoms with Crippen LogP contribution in [0, 0.1) is 6.92 Å². The summed E-state index contributed by atoms with van der Waals surface area (Å²) < 4.78 is 13.7. The van der Waals surface area contributed by atoms with Crippen LogP contribution in [0.3, 0.4) is 0 Å². The molecule has 3 aromatic rings. The van der Waals surface area contributed by atoms with E-state index in [4.69, 9.17) is 11.6 Å². The van der Waals surface area contributed by atoms with Crippen molar-refractivity contribution in [3.63, 3.8) is 0 Å². The molecule has 1 unspecified atom stereocenters. The van der Waals surface area contributed by atoms with Gasteiger partial charge < -0.3 is 5.32 Å². The molecule has 0 saturated carbocycles. The van der Waals surface area contributed by atoms with Gasteiger partial charge in [-0.15, -0.1) is 0 Å². The summed E-state index contributed by atoms with van der Waals surface area (Å²) in [5.41, 5.74) is 3.99. The third-order valence-corrected chi connectivity index (χ3v) is 5.77. The number of fused-ring (bicyclic) bond motifs is 1. The summed E-state index contributed by atoms with van der Waals surface area (Å²) in [4.78, 5) is 12.7. The molecule has 1 aromatic heterocycles. The average molecular weight is 386 g/mol. The fourth-order valence-electron chi connectivity index (χ4n) is 3.04. The van der Waals surface area contributed by atoms with Gasteiger partial charge in [-0.25, -0.2) is 4.68 Å². The normalized spacial score (nSPS) is 15.7. The predicted octanol–water partition coefficient (Wildman–Crippen LogP) is 3.85. The molecule has 4 rings (SSSR count). The maximum absolute atomic E-state index is 12.7. The van der Waals surface area contributed by atoms with Crippen LogP contribution >= 0.6 is 11.6 Å². The summed E-state index contributed by atoms with van der Waals surface area (Å²) in [5.74, 6) is 1.11. The van der Waals surface area contributed by atoms with Crippen molar-refractivity contribution >= 4 is 34.1 Å². The van der Waals surface area contributed by atoms with Crippen molar-refractivity contribution in [1.82, 2.24) is 9.78 Å². The Balaban J connectivity index is 1.78. The van der Waals surface area contributed by atoms with Crippen LogP contribution in [0.4, 0.5) is 5.82 Å². The van der Waals surface area contributed by atoms with Crippen LogP contribution in [0.2, 0.25) is 5.02 Å². The number of nitrogens with one attached hydrogen (secondary N) is 1. The van der Waals surface area contributed by atoms with Gasteiger partial charge in [-0.05, 0) is 36.8 Å². The zero-order chi connectivity index (χ0) is 18.3. The zero-order valence-electron chi connectivity index (χ0n) is 14.0. The number of hydrogen-bond donors (Lipinski definition) is 1. The molecule has 1 aliphatic heterocycles. The van der Waals surface area contributed by atoms with E-state index in [0.29, 0.717) is 27.9 Å². The third kappa shape index (κ3) is 3.06. The molecule has 0 bridgehead atoms. The van der Waals surface area contributed by atoms with Gasteiger partial charge in [-0.1, -0.05) is 35.9 Å². The van der Waals surface area contributed by atoms with E-state index in [1.165, 1.54) is 0 Å². The highest BCUT2D eigenvalue weighted by molar-refractivity contribution is 7.83. The first-order valence-electron chi connectivity index (χ1n) is 8.11. The number of halogens is 1. The van der Waals surface area contributed by atoms with E-state index in [1.807, 2.05) is 31.2 Å². The first-order chi connectivity index (χ1) is 12.5. The quantitative estimate of drug-likeness (QED) is 0.744. The van der Waals surface area contributed by atoms with Gasteiger partial charge in [0.15, 0.2) is 0 Å². The number of aromatic nitrogens is 2. The second kappa shape index (κ2) is 6.70. The molecule has 1 amide bonds. The predicted molar refractivity (Wildman–Crippen MR) is 103 cm³/mol. The fourth-order valence-corrected chi connectivity index (χ4v) is 4.50. The Kier molecular flexibility index (Phi) is 4.38. The minimum absolute atomic E-state index is 0.275. The number of para-hydroxylation sites is 1. The molecule has 26 heavy (non-hydrogen) atoms. The van der Waals surface area contributed by atoms with Crippen LogP contribution in [0.15, 0.2) is 48.5 Å². The van der Waals surface area contributed by atoms with Crippen molar-refractivity contribution in [2.45, 2.75) is 18.4 Å². The Labute approximate surface area is 158 Å². The molecule has 2 heterocycles. The number of aryl methyl sites for hydroxylation is 1. The molecule has 1 aliphatic rings. The molecular weight excluding hydrogens is 370 g/mol. The first kappa shape index (κ1) is 17.0. The second-order valence-corrected chi connectivity index (χ2v) is 8.06. The van der Waals surface area contributed by atoms with Crippen molar-refractivity contribution in [1.29, 1.82) is 0 Å². The molecule has 1 atom stereocenters. The molecule has 1 N–H and O–H groups in total. The number of nitrogens with zero attached hydrogens (tertiary/aromatic N) is 2. The largest absolute Gasteiger partial charge is 0.306 e. The number of anilines is 1. The smallest absolute Gasteiger partial charge is 0.256 e. The van der Waals surface area contributed by atoms with Crippen LogP contribution in [-0.2, 0) is 22.3 Å². The van der Waals surface area contributed by atoms with Crippen LogP contribution in [0.1, 0.15) is 27.2 Å². The van der Waals surface area contributed by atoms with E-state index in [1.54, 1.807) is 28.9 Å². The summed E-state index contributed by atoms with van der Waals surface area (Å²) in [6.45, 7) is 1.99. The van der Waals surface area contributed by atoms with Gasteiger partial charge in [-0.2, -0.15) is 5.10 Å². The lowest BCUT2D eigenvalue weighted by molar-refractivity contribution is 0.102. The first-order valence-corrected chi connectivity index (χ1v) is 9.98. The number of rotatable bonds is 3. The summed E-state index contributed by atoms with van der Waals surface area (Å²) in [6.07, 6.45) is 0. The van der Waals surface area contributed by atoms with Crippen molar-refractivity contribution in [3.8, 4) is 5.69 Å². The number of carbonyl (C=O) groups excluding carboxylic acids is 1. The highest BCUT2D eigenvalue weighted by Gasteiger charge is 2.28. The molecule has 0 saturated heterocycles. The Morgan fingerprint density at radius 2 is 2.00 bits per heavy atom. The Morgan fingerprint density at radius 3 is 2.77 bits per heavy atom. The lowest BCUT2D eigenvalue weighted by Crippen LogP contribution is -2.17. The maximum atomic E-state index is 12.7. The SMILES string of the molecule is Cc1ccccc1-n1nc2c(c1NC(=O)c1cccc(Cl)c1)CS(=O)C2. The van der Waals surface area contributed by atoms with Gasteiger partial charge in [-0.3, -0.25) is 9.00 Å². The molecule has 7 heteroatoms. The third-order valence-electron chi connectivity index (χ3n) is 4.33. The molecular formula is C19H16ClN3O2S. The highest BCUT2D eigenvalue weighted by atomic mass is 35.5. The van der Waals surface area contributed by atoms with Crippen molar-refractivity contribution in [2.75, 3.05) is 5.32 Å². The number of carbonyl (C=O) groups is 1. The Bertz CT molecular complexity index is 1050. The van der Waals surface area contributed by atoms with Crippen LogP contribution < -0.4 is 5.32 Å². The minimum Gasteiger partial charge on any atom is -0.306 e. The second-order valence-electron chi connectivity index (χ2n) is 6.17. The Hall–Kier alpha value is -2.44. The number of benzene rings is 2. The van der Waals surface area contributed by atoms with Gasteiger partial charge in [0.25, 0.3) is 5.91 Å². The molecule has 0 spiro atoms. The summed E-state index contributed by atoms with van der Waals surface area (Å²) in [7, 11) is -0.980. The van der Waals surface area contributed by atoms with Gasteiger partial charge in [0.05, 0.1) is 22.9 Å². The standard InChI is InChI=1S/C19H16ClN3O2S/c1-12-5-2-3-8-17(12)23-18(15-10-26(25)11-16(15)22-23)21-19(24)13-6-4-7-14(20)9-13/h2-9H,10-11H2,1H3,(H,21,24). The summed E-state index contributed by atoms with van der Waals surface area (Å²) in [6, 6.07) is 14.6. The van der Waals surface area contributed by atoms with E-state index < -0.39 is 10.8 Å². The monoisotopic (exact) mass is 385 g/mol. The lowest BCUT2D eigenvalue weighted by Gasteiger charge is -2.13. The molecule has 0 aliphatic carbocycles. The molecule has 0 fully saturated rings. The minimum atomic E-state index is -0.980. The van der Waals surface area contributed by atoms with Gasteiger partial charge >= 0.3 is 0 Å². The molecule has 2 aromatic carbocycles. The van der Waals surface area contributed by atoms with E-state index in [-0.39, 0.29) is 5.91 Å². The van der Waals surface area contributed by atoms with Crippen molar-refractivity contribution in [3.05, 3.63) is 75.9 Å². The van der Waals surface area contributed by atoms with E-state index in [2.05, 4.69) is 10.4 Å².